The predicted molar refractivity (Wildman–Crippen MR) is 86.5 cm³/mol. The van der Waals surface area contributed by atoms with Crippen molar-refractivity contribution in [1.29, 1.82) is 0 Å². The molecule has 122 valence electrons. The molecule has 0 aliphatic heterocycles. The molecular weight excluding hydrogens is 276 g/mol. The Kier molecular flexibility index (Phi) is 18.5. The molecule has 0 aromatic carbocycles. The largest absolute Gasteiger partial charge is 0.464 e. The number of carbonyl (C=O) groups excluding carboxylic acids is 1. The first-order valence-corrected chi connectivity index (χ1v) is 8.04. The highest BCUT2D eigenvalue weighted by molar-refractivity contribution is 5.85. The maximum atomic E-state index is 11.9. The zero-order valence-corrected chi connectivity index (χ0v) is 14.3. The Hall–Kier alpha value is -0.280. The summed E-state index contributed by atoms with van der Waals surface area (Å²) in [5.74, 6) is -0.171. The summed E-state index contributed by atoms with van der Waals surface area (Å²) in [4.78, 5) is 11.9. The first-order valence-electron chi connectivity index (χ1n) is 8.04. The van der Waals surface area contributed by atoms with E-state index >= 15 is 0 Å². The molecule has 0 N–H and O–H groups in total. The van der Waals surface area contributed by atoms with E-state index in [1.54, 1.807) is 0 Å². The van der Waals surface area contributed by atoms with E-state index in [9.17, 15) is 4.79 Å². The molecule has 0 radical (unpaired) electrons. The van der Waals surface area contributed by atoms with Gasteiger partial charge in [-0.25, -0.2) is 4.79 Å². The molecule has 0 aromatic heterocycles. The minimum atomic E-state index is -0.354. The van der Waals surface area contributed by atoms with Crippen LogP contribution in [0.1, 0.15) is 78.6 Å². The number of unbranched alkanes of at least 4 members (excludes halogenated alkanes) is 5. The highest BCUT2D eigenvalue weighted by atomic mass is 35.5. The van der Waals surface area contributed by atoms with Gasteiger partial charge in [-0.1, -0.05) is 59.3 Å². The van der Waals surface area contributed by atoms with Crippen molar-refractivity contribution in [3.63, 3.8) is 0 Å². The molecule has 0 aromatic rings. The average molecular weight is 309 g/mol. The third kappa shape index (κ3) is 12.7. The Morgan fingerprint density at radius 1 is 0.850 bits per heavy atom. The lowest BCUT2D eigenvalue weighted by molar-refractivity contribution is -0.158. The molecule has 0 saturated heterocycles. The van der Waals surface area contributed by atoms with Crippen LogP contribution < -0.4 is 0 Å². The van der Waals surface area contributed by atoms with E-state index in [0.29, 0.717) is 13.2 Å². The van der Waals surface area contributed by atoms with Gasteiger partial charge in [0.2, 0.25) is 0 Å². The molecule has 3 nitrogen and oxygen atoms in total. The molecule has 4 heteroatoms. The Bertz CT molecular complexity index is 210. The van der Waals surface area contributed by atoms with E-state index in [4.69, 9.17) is 9.47 Å². The van der Waals surface area contributed by atoms with Crippen molar-refractivity contribution in [2.24, 2.45) is 0 Å². The van der Waals surface area contributed by atoms with Crippen LogP contribution in [0.15, 0.2) is 0 Å². The van der Waals surface area contributed by atoms with Gasteiger partial charge in [0.1, 0.15) is 0 Å². The molecule has 0 bridgehead atoms. The second-order valence-electron chi connectivity index (χ2n) is 5.08. The van der Waals surface area contributed by atoms with Crippen LogP contribution in [0.2, 0.25) is 0 Å². The summed E-state index contributed by atoms with van der Waals surface area (Å²) in [5, 5.41) is 0. The fourth-order valence-corrected chi connectivity index (χ4v) is 1.90. The predicted octanol–water partition coefficient (Wildman–Crippen LogP) is 4.91. The van der Waals surface area contributed by atoms with Crippen LogP contribution in [0.25, 0.3) is 0 Å². The molecule has 0 fully saturated rings. The molecule has 0 spiro atoms. The summed E-state index contributed by atoms with van der Waals surface area (Å²) in [5.41, 5.74) is 0. The second-order valence-corrected chi connectivity index (χ2v) is 5.08. The minimum absolute atomic E-state index is 0. The third-order valence-corrected chi connectivity index (χ3v) is 3.12. The van der Waals surface area contributed by atoms with Crippen molar-refractivity contribution in [2.45, 2.75) is 84.7 Å². The van der Waals surface area contributed by atoms with Crippen molar-refractivity contribution in [3.8, 4) is 0 Å². The highest BCUT2D eigenvalue weighted by Crippen LogP contribution is 2.08. The molecule has 0 heterocycles. The Balaban J connectivity index is 0. The number of rotatable bonds is 13. The fourth-order valence-electron chi connectivity index (χ4n) is 1.90. The van der Waals surface area contributed by atoms with Gasteiger partial charge in [-0.05, 0) is 19.3 Å². The minimum Gasteiger partial charge on any atom is -0.464 e. The van der Waals surface area contributed by atoms with Gasteiger partial charge < -0.3 is 9.47 Å². The zero-order chi connectivity index (χ0) is 14.3. The van der Waals surface area contributed by atoms with Gasteiger partial charge in [0, 0.05) is 6.61 Å². The molecule has 20 heavy (non-hydrogen) atoms. The molecule has 0 rings (SSSR count). The van der Waals surface area contributed by atoms with Crippen LogP contribution in [0.5, 0.6) is 0 Å². The topological polar surface area (TPSA) is 35.5 Å². The summed E-state index contributed by atoms with van der Waals surface area (Å²) in [6.07, 6.45) is 9.23. The number of hydrogen-bond donors (Lipinski definition) is 0. The van der Waals surface area contributed by atoms with E-state index in [0.717, 1.165) is 38.5 Å². The van der Waals surface area contributed by atoms with Crippen molar-refractivity contribution in [2.75, 3.05) is 13.2 Å². The second kappa shape index (κ2) is 16.8. The SMILES string of the molecule is CCCCCCOC(=O)C(CCC)OCCCCC.Cl. The van der Waals surface area contributed by atoms with Crippen LogP contribution in [0, 0.1) is 0 Å². The maximum Gasteiger partial charge on any atom is 0.335 e. The number of esters is 1. The Labute approximate surface area is 131 Å². The first kappa shape index (κ1) is 22.0. The Morgan fingerprint density at radius 2 is 1.45 bits per heavy atom. The zero-order valence-electron chi connectivity index (χ0n) is 13.5. The van der Waals surface area contributed by atoms with Crippen LogP contribution in [0.3, 0.4) is 0 Å². The van der Waals surface area contributed by atoms with E-state index < -0.39 is 0 Å². The lowest BCUT2D eigenvalue weighted by Crippen LogP contribution is -2.27. The number of halogens is 1. The van der Waals surface area contributed by atoms with Crippen LogP contribution >= 0.6 is 12.4 Å². The van der Waals surface area contributed by atoms with Gasteiger partial charge in [0.25, 0.3) is 0 Å². The lowest BCUT2D eigenvalue weighted by Gasteiger charge is -2.16. The first-order chi connectivity index (χ1) is 9.26. The van der Waals surface area contributed by atoms with Crippen molar-refractivity contribution in [1.82, 2.24) is 0 Å². The summed E-state index contributed by atoms with van der Waals surface area (Å²) in [7, 11) is 0. The molecule has 0 aliphatic carbocycles. The van der Waals surface area contributed by atoms with Crippen molar-refractivity contribution in [3.05, 3.63) is 0 Å². The fraction of sp³-hybridized carbons (Fsp3) is 0.938. The molecule has 0 saturated carbocycles. The van der Waals surface area contributed by atoms with Gasteiger partial charge in [-0.15, -0.1) is 12.4 Å². The monoisotopic (exact) mass is 308 g/mol. The molecular formula is C16H33ClO3. The van der Waals surface area contributed by atoms with Crippen LogP contribution in [-0.2, 0) is 14.3 Å². The quantitative estimate of drug-likeness (QED) is 0.358. The van der Waals surface area contributed by atoms with Crippen LogP contribution in [-0.4, -0.2) is 25.3 Å². The highest BCUT2D eigenvalue weighted by Gasteiger charge is 2.19. The Morgan fingerprint density at radius 3 is 2.05 bits per heavy atom. The number of ether oxygens (including phenoxy) is 2. The van der Waals surface area contributed by atoms with E-state index in [-0.39, 0.29) is 24.5 Å². The normalized spacial score (nSPS) is 11.8. The number of carbonyl (C=O) groups is 1. The van der Waals surface area contributed by atoms with E-state index in [1.165, 1.54) is 19.3 Å². The maximum absolute atomic E-state index is 11.9. The average Bonchev–Trinajstić information content (AvgIpc) is 2.42. The molecule has 1 atom stereocenters. The summed E-state index contributed by atoms with van der Waals surface area (Å²) in [6, 6.07) is 0. The van der Waals surface area contributed by atoms with Gasteiger partial charge in [-0.2, -0.15) is 0 Å². The van der Waals surface area contributed by atoms with Gasteiger partial charge in [-0.3, -0.25) is 0 Å². The standard InChI is InChI=1S/C16H32O3.ClH/c1-4-7-9-11-14-19-16(17)15(12-6-3)18-13-10-8-5-2;/h15H,4-14H2,1-3H3;1H. The van der Waals surface area contributed by atoms with Crippen molar-refractivity contribution >= 4 is 18.4 Å². The van der Waals surface area contributed by atoms with Gasteiger partial charge in [0.05, 0.1) is 6.61 Å². The van der Waals surface area contributed by atoms with Gasteiger partial charge >= 0.3 is 5.97 Å². The summed E-state index contributed by atoms with van der Waals surface area (Å²) >= 11 is 0. The van der Waals surface area contributed by atoms with E-state index in [2.05, 4.69) is 20.8 Å². The number of hydrogen-bond acceptors (Lipinski definition) is 3. The molecule has 1 unspecified atom stereocenters. The van der Waals surface area contributed by atoms with Crippen LogP contribution in [0.4, 0.5) is 0 Å². The van der Waals surface area contributed by atoms with Gasteiger partial charge in [0.15, 0.2) is 6.10 Å². The lowest BCUT2D eigenvalue weighted by atomic mass is 10.2. The summed E-state index contributed by atoms with van der Waals surface area (Å²) < 4.78 is 10.9. The molecule has 0 amide bonds. The smallest absolute Gasteiger partial charge is 0.335 e. The van der Waals surface area contributed by atoms with E-state index in [1.807, 2.05) is 0 Å². The van der Waals surface area contributed by atoms with Crippen molar-refractivity contribution < 1.29 is 14.3 Å². The molecule has 0 aliphatic rings. The summed E-state index contributed by atoms with van der Waals surface area (Å²) in [6.45, 7) is 7.61. The third-order valence-electron chi connectivity index (χ3n) is 3.12.